The number of ketones is 1. The molecule has 16 heavy (non-hydrogen) atoms. The highest BCUT2D eigenvalue weighted by Crippen LogP contribution is 2.12. The summed E-state index contributed by atoms with van der Waals surface area (Å²) in [6.07, 6.45) is 1.30. The molecule has 0 saturated heterocycles. The standard InChI is InChI=1S/C11H18O5/c1-7(11(15-3)16-4)5-6-9(8(2)12)10(13)14/h5,9,11H,6H2,1-4H3,(H,13,14)/b7-5+. The minimum Gasteiger partial charge on any atom is -0.481 e. The first-order valence-electron chi connectivity index (χ1n) is 4.89. The van der Waals surface area contributed by atoms with Crippen LogP contribution in [0.25, 0.3) is 0 Å². The Morgan fingerprint density at radius 3 is 2.06 bits per heavy atom. The lowest BCUT2D eigenvalue weighted by atomic mass is 10.00. The van der Waals surface area contributed by atoms with Gasteiger partial charge in [-0.2, -0.15) is 0 Å². The van der Waals surface area contributed by atoms with Crippen LogP contribution in [0.4, 0.5) is 0 Å². The lowest BCUT2D eigenvalue weighted by Gasteiger charge is -2.14. The maximum Gasteiger partial charge on any atom is 0.314 e. The van der Waals surface area contributed by atoms with Crippen LogP contribution in [0.5, 0.6) is 0 Å². The van der Waals surface area contributed by atoms with Crippen LogP contribution in [0, 0.1) is 5.92 Å². The van der Waals surface area contributed by atoms with Crippen LogP contribution in [0.3, 0.4) is 0 Å². The Kier molecular flexibility index (Phi) is 6.60. The fourth-order valence-corrected chi connectivity index (χ4v) is 1.31. The van der Waals surface area contributed by atoms with Crippen molar-refractivity contribution in [2.24, 2.45) is 5.92 Å². The van der Waals surface area contributed by atoms with E-state index in [0.717, 1.165) is 5.57 Å². The van der Waals surface area contributed by atoms with E-state index < -0.39 is 18.2 Å². The Morgan fingerprint density at radius 1 is 1.25 bits per heavy atom. The second-order valence-corrected chi connectivity index (χ2v) is 3.49. The minimum absolute atomic E-state index is 0.152. The number of hydrogen-bond donors (Lipinski definition) is 1. The first-order chi connectivity index (χ1) is 7.43. The van der Waals surface area contributed by atoms with Crippen LogP contribution in [-0.4, -0.2) is 37.4 Å². The quantitative estimate of drug-likeness (QED) is 0.404. The molecule has 0 spiro atoms. The summed E-state index contributed by atoms with van der Waals surface area (Å²) in [4.78, 5) is 21.8. The van der Waals surface area contributed by atoms with Gasteiger partial charge in [0.25, 0.3) is 0 Å². The molecule has 0 aliphatic rings. The molecule has 0 aliphatic heterocycles. The molecule has 92 valence electrons. The van der Waals surface area contributed by atoms with Gasteiger partial charge in [-0.3, -0.25) is 9.59 Å². The van der Waals surface area contributed by atoms with E-state index in [0.29, 0.717) is 0 Å². The third kappa shape index (κ3) is 4.55. The van der Waals surface area contributed by atoms with Crippen LogP contribution < -0.4 is 0 Å². The lowest BCUT2D eigenvalue weighted by molar-refractivity contribution is -0.145. The second kappa shape index (κ2) is 7.14. The number of hydrogen-bond acceptors (Lipinski definition) is 4. The zero-order chi connectivity index (χ0) is 12.7. The van der Waals surface area contributed by atoms with Crippen LogP contribution >= 0.6 is 0 Å². The molecule has 0 fully saturated rings. The molecule has 0 saturated carbocycles. The number of ether oxygens (including phenoxy) is 2. The number of carbonyl (C=O) groups is 2. The fourth-order valence-electron chi connectivity index (χ4n) is 1.31. The average Bonchev–Trinajstić information content (AvgIpc) is 2.18. The van der Waals surface area contributed by atoms with Crippen molar-refractivity contribution in [3.8, 4) is 0 Å². The molecule has 1 atom stereocenters. The predicted molar refractivity (Wildman–Crippen MR) is 58.0 cm³/mol. The molecular formula is C11H18O5. The van der Waals surface area contributed by atoms with Gasteiger partial charge in [-0.05, 0) is 25.8 Å². The predicted octanol–water partition coefficient (Wildman–Crippen LogP) is 1.23. The normalized spacial score (nSPS) is 13.9. The molecule has 0 bridgehead atoms. The molecule has 0 aromatic rings. The van der Waals surface area contributed by atoms with E-state index in [9.17, 15) is 9.59 Å². The van der Waals surface area contributed by atoms with Crippen molar-refractivity contribution in [1.82, 2.24) is 0 Å². The van der Waals surface area contributed by atoms with Crippen LogP contribution in [0.15, 0.2) is 11.6 Å². The number of carboxylic acids is 1. The summed E-state index contributed by atoms with van der Waals surface area (Å²) in [6.45, 7) is 3.03. The molecule has 0 aromatic heterocycles. The van der Waals surface area contributed by atoms with Gasteiger partial charge in [-0.15, -0.1) is 0 Å². The summed E-state index contributed by atoms with van der Waals surface area (Å²) in [6, 6.07) is 0. The summed E-state index contributed by atoms with van der Waals surface area (Å²) in [7, 11) is 2.98. The number of carboxylic acid groups (broad SMARTS) is 1. The Balaban J connectivity index is 4.54. The van der Waals surface area contributed by atoms with Crippen LogP contribution in [-0.2, 0) is 19.1 Å². The van der Waals surface area contributed by atoms with Gasteiger partial charge >= 0.3 is 5.97 Å². The highest BCUT2D eigenvalue weighted by molar-refractivity contribution is 5.96. The fraction of sp³-hybridized carbons (Fsp3) is 0.636. The van der Waals surface area contributed by atoms with Gasteiger partial charge in [-0.1, -0.05) is 6.08 Å². The van der Waals surface area contributed by atoms with E-state index in [2.05, 4.69) is 0 Å². The SMILES string of the molecule is COC(OC)/C(C)=C/CC(C(C)=O)C(=O)O. The highest BCUT2D eigenvalue weighted by atomic mass is 16.7. The number of aliphatic carboxylic acids is 1. The van der Waals surface area contributed by atoms with Gasteiger partial charge in [0.1, 0.15) is 11.7 Å². The van der Waals surface area contributed by atoms with Gasteiger partial charge in [0.2, 0.25) is 0 Å². The van der Waals surface area contributed by atoms with E-state index in [1.165, 1.54) is 21.1 Å². The van der Waals surface area contributed by atoms with Crippen molar-refractivity contribution < 1.29 is 24.2 Å². The van der Waals surface area contributed by atoms with Crippen molar-refractivity contribution in [2.75, 3.05) is 14.2 Å². The van der Waals surface area contributed by atoms with Crippen LogP contribution in [0.1, 0.15) is 20.3 Å². The van der Waals surface area contributed by atoms with Crippen molar-refractivity contribution in [1.29, 1.82) is 0 Å². The number of Topliss-reactive ketones (excluding diaryl/α,β-unsaturated/α-hetero) is 1. The van der Waals surface area contributed by atoms with E-state index in [1.54, 1.807) is 13.0 Å². The molecule has 0 heterocycles. The Hall–Kier alpha value is -1.20. The summed E-state index contributed by atoms with van der Waals surface area (Å²) >= 11 is 0. The van der Waals surface area contributed by atoms with Gasteiger partial charge in [0.15, 0.2) is 6.29 Å². The first-order valence-corrected chi connectivity index (χ1v) is 4.89. The molecule has 5 nitrogen and oxygen atoms in total. The molecule has 0 aromatic carbocycles. The summed E-state index contributed by atoms with van der Waals surface area (Å²) in [5.41, 5.74) is 0.748. The smallest absolute Gasteiger partial charge is 0.314 e. The molecule has 0 radical (unpaired) electrons. The minimum atomic E-state index is -1.11. The maximum atomic E-state index is 11.0. The van der Waals surface area contributed by atoms with Crippen molar-refractivity contribution in [2.45, 2.75) is 26.6 Å². The van der Waals surface area contributed by atoms with Gasteiger partial charge in [0.05, 0.1) is 0 Å². The molecular weight excluding hydrogens is 212 g/mol. The molecule has 0 rings (SSSR count). The van der Waals surface area contributed by atoms with E-state index >= 15 is 0 Å². The third-order valence-electron chi connectivity index (χ3n) is 2.26. The number of carbonyl (C=O) groups excluding carboxylic acids is 1. The van der Waals surface area contributed by atoms with E-state index in [-0.39, 0.29) is 12.2 Å². The van der Waals surface area contributed by atoms with Crippen molar-refractivity contribution in [3.63, 3.8) is 0 Å². The molecule has 1 N–H and O–H groups in total. The average molecular weight is 230 g/mol. The number of allylic oxidation sites excluding steroid dienone is 1. The molecule has 0 amide bonds. The summed E-state index contributed by atoms with van der Waals surface area (Å²) in [5.74, 6) is -2.46. The Morgan fingerprint density at radius 2 is 1.75 bits per heavy atom. The zero-order valence-corrected chi connectivity index (χ0v) is 10.0. The zero-order valence-electron chi connectivity index (χ0n) is 10.0. The Labute approximate surface area is 95.0 Å². The van der Waals surface area contributed by atoms with Crippen LogP contribution in [0.2, 0.25) is 0 Å². The number of methoxy groups -OCH3 is 2. The van der Waals surface area contributed by atoms with Gasteiger partial charge in [0, 0.05) is 14.2 Å². The monoisotopic (exact) mass is 230 g/mol. The summed E-state index contributed by atoms with van der Waals surface area (Å²) < 4.78 is 9.98. The van der Waals surface area contributed by atoms with E-state index in [4.69, 9.17) is 14.6 Å². The van der Waals surface area contributed by atoms with Gasteiger partial charge < -0.3 is 14.6 Å². The molecule has 1 unspecified atom stereocenters. The number of rotatable bonds is 7. The first kappa shape index (κ1) is 14.8. The lowest BCUT2D eigenvalue weighted by Crippen LogP contribution is -2.21. The second-order valence-electron chi connectivity index (χ2n) is 3.49. The largest absolute Gasteiger partial charge is 0.481 e. The van der Waals surface area contributed by atoms with Gasteiger partial charge in [-0.25, -0.2) is 0 Å². The third-order valence-corrected chi connectivity index (χ3v) is 2.26. The molecule has 0 aliphatic carbocycles. The van der Waals surface area contributed by atoms with E-state index in [1.807, 2.05) is 0 Å². The summed E-state index contributed by atoms with van der Waals surface area (Å²) in [5, 5.41) is 8.80. The topological polar surface area (TPSA) is 72.8 Å². The highest BCUT2D eigenvalue weighted by Gasteiger charge is 2.21. The Bertz CT molecular complexity index is 264. The molecule has 5 heteroatoms. The van der Waals surface area contributed by atoms with Crippen molar-refractivity contribution in [3.05, 3.63) is 11.6 Å². The maximum absolute atomic E-state index is 11.0. The van der Waals surface area contributed by atoms with Crippen molar-refractivity contribution >= 4 is 11.8 Å².